The molecule has 0 amide bonds. The lowest BCUT2D eigenvalue weighted by molar-refractivity contribution is -0.0437. The lowest BCUT2D eigenvalue weighted by Crippen LogP contribution is -2.48. The van der Waals surface area contributed by atoms with Gasteiger partial charge in [0.05, 0.1) is 0 Å². The van der Waals surface area contributed by atoms with Crippen LogP contribution in [0.15, 0.2) is 18.2 Å². The van der Waals surface area contributed by atoms with Gasteiger partial charge in [-0.2, -0.15) is 0 Å². The van der Waals surface area contributed by atoms with Crippen molar-refractivity contribution in [2.75, 3.05) is 27.2 Å². The summed E-state index contributed by atoms with van der Waals surface area (Å²) in [4.78, 5) is 2.29. The Morgan fingerprint density at radius 2 is 2.00 bits per heavy atom. The van der Waals surface area contributed by atoms with Crippen LogP contribution in [0.4, 0.5) is 0 Å². The third kappa shape index (κ3) is 2.85. The van der Waals surface area contributed by atoms with E-state index in [1.165, 1.54) is 11.1 Å². The molecule has 100 valence electrons. The number of hydrogen-bond donors (Lipinski definition) is 0. The fraction of sp³-hybridized carbons (Fsp3) is 0.600. The summed E-state index contributed by atoms with van der Waals surface area (Å²) in [6.07, 6.45) is 1.33. The molecule has 0 spiro atoms. The van der Waals surface area contributed by atoms with E-state index in [2.05, 4.69) is 37.9 Å². The Bertz CT molecular complexity index is 405. The molecule has 0 N–H and O–H groups in total. The van der Waals surface area contributed by atoms with Crippen LogP contribution in [0.5, 0.6) is 5.75 Å². The van der Waals surface area contributed by atoms with Crippen LogP contribution in [-0.4, -0.2) is 44.4 Å². The van der Waals surface area contributed by atoms with E-state index in [4.69, 9.17) is 9.47 Å². The maximum atomic E-state index is 6.17. The first kappa shape index (κ1) is 13.4. The Morgan fingerprint density at radius 3 is 2.72 bits per heavy atom. The average molecular weight is 249 g/mol. The number of likely N-dealkylation sites (tertiary alicyclic amines) is 1. The molecule has 2 rings (SSSR count). The van der Waals surface area contributed by atoms with E-state index in [1.54, 1.807) is 7.11 Å². The van der Waals surface area contributed by atoms with E-state index in [0.29, 0.717) is 0 Å². The molecular formula is C15H23NO2. The van der Waals surface area contributed by atoms with Crippen molar-refractivity contribution in [1.29, 1.82) is 0 Å². The molecule has 0 radical (unpaired) electrons. The Hall–Kier alpha value is -1.06. The van der Waals surface area contributed by atoms with Crippen molar-refractivity contribution in [1.82, 2.24) is 4.90 Å². The maximum absolute atomic E-state index is 6.17. The highest BCUT2D eigenvalue weighted by Gasteiger charge is 2.29. The van der Waals surface area contributed by atoms with E-state index in [1.807, 2.05) is 6.07 Å². The minimum Gasteiger partial charge on any atom is -0.487 e. The Kier molecular flexibility index (Phi) is 4.25. The van der Waals surface area contributed by atoms with E-state index in [-0.39, 0.29) is 12.2 Å². The normalized spacial score (nSPS) is 25.1. The fourth-order valence-electron chi connectivity index (χ4n) is 2.43. The number of ether oxygens (including phenoxy) is 2. The van der Waals surface area contributed by atoms with Gasteiger partial charge in [0.1, 0.15) is 18.0 Å². The quantitative estimate of drug-likeness (QED) is 0.821. The predicted molar refractivity (Wildman–Crippen MR) is 73.2 cm³/mol. The highest BCUT2D eigenvalue weighted by molar-refractivity contribution is 5.38. The van der Waals surface area contributed by atoms with Crippen molar-refractivity contribution >= 4 is 0 Å². The van der Waals surface area contributed by atoms with Gasteiger partial charge in [0, 0.05) is 20.2 Å². The largest absolute Gasteiger partial charge is 0.487 e. The molecule has 1 heterocycles. The summed E-state index contributed by atoms with van der Waals surface area (Å²) in [5, 5.41) is 0. The van der Waals surface area contributed by atoms with Crippen LogP contribution >= 0.6 is 0 Å². The Morgan fingerprint density at radius 1 is 1.22 bits per heavy atom. The van der Waals surface area contributed by atoms with Crippen LogP contribution in [0.2, 0.25) is 0 Å². The van der Waals surface area contributed by atoms with Gasteiger partial charge in [0.2, 0.25) is 0 Å². The number of aryl methyl sites for hydroxylation is 1. The zero-order chi connectivity index (χ0) is 13.1. The summed E-state index contributed by atoms with van der Waals surface area (Å²) >= 11 is 0. The van der Waals surface area contributed by atoms with Crippen molar-refractivity contribution in [3.8, 4) is 5.75 Å². The van der Waals surface area contributed by atoms with Crippen LogP contribution in [0, 0.1) is 13.8 Å². The number of likely N-dealkylation sites (N-methyl/N-ethyl adjacent to an activating group) is 1. The summed E-state index contributed by atoms with van der Waals surface area (Å²) in [6, 6.07) is 6.21. The molecule has 0 saturated carbocycles. The van der Waals surface area contributed by atoms with Gasteiger partial charge < -0.3 is 14.4 Å². The second kappa shape index (κ2) is 5.72. The molecule has 3 nitrogen and oxygen atoms in total. The monoisotopic (exact) mass is 249 g/mol. The van der Waals surface area contributed by atoms with Gasteiger partial charge in [0.25, 0.3) is 0 Å². The number of benzene rings is 1. The van der Waals surface area contributed by atoms with Crippen LogP contribution < -0.4 is 4.74 Å². The van der Waals surface area contributed by atoms with E-state index >= 15 is 0 Å². The van der Waals surface area contributed by atoms with Crippen molar-refractivity contribution < 1.29 is 9.47 Å². The van der Waals surface area contributed by atoms with Gasteiger partial charge in [-0.1, -0.05) is 12.1 Å². The van der Waals surface area contributed by atoms with Crippen molar-refractivity contribution in [3.05, 3.63) is 29.3 Å². The van der Waals surface area contributed by atoms with Crippen LogP contribution in [0.3, 0.4) is 0 Å². The van der Waals surface area contributed by atoms with Gasteiger partial charge in [-0.3, -0.25) is 0 Å². The highest BCUT2D eigenvalue weighted by atomic mass is 16.5. The average Bonchev–Trinajstić information content (AvgIpc) is 2.37. The lowest BCUT2D eigenvalue weighted by Gasteiger charge is -2.36. The summed E-state index contributed by atoms with van der Waals surface area (Å²) in [6.45, 7) is 6.23. The van der Waals surface area contributed by atoms with E-state index in [9.17, 15) is 0 Å². The zero-order valence-electron chi connectivity index (χ0n) is 11.8. The van der Waals surface area contributed by atoms with Gasteiger partial charge in [-0.05, 0) is 44.5 Å². The predicted octanol–water partition coefficient (Wildman–Crippen LogP) is 2.40. The topological polar surface area (TPSA) is 21.7 Å². The van der Waals surface area contributed by atoms with Gasteiger partial charge in [-0.25, -0.2) is 0 Å². The van der Waals surface area contributed by atoms with Crippen LogP contribution in [-0.2, 0) is 4.74 Å². The number of rotatable bonds is 3. The van der Waals surface area contributed by atoms with Crippen LogP contribution in [0.1, 0.15) is 17.5 Å². The lowest BCUT2D eigenvalue weighted by atomic mass is 10.0. The third-order valence-corrected chi connectivity index (χ3v) is 3.84. The molecule has 0 bridgehead atoms. The zero-order valence-corrected chi connectivity index (χ0v) is 11.8. The van der Waals surface area contributed by atoms with E-state index < -0.39 is 0 Å². The second-order valence-electron chi connectivity index (χ2n) is 5.18. The summed E-state index contributed by atoms with van der Waals surface area (Å²) in [5.41, 5.74) is 2.50. The van der Waals surface area contributed by atoms with E-state index in [0.717, 1.165) is 25.3 Å². The molecule has 0 aromatic heterocycles. The second-order valence-corrected chi connectivity index (χ2v) is 5.18. The summed E-state index contributed by atoms with van der Waals surface area (Å²) in [7, 11) is 3.89. The molecular weight excluding hydrogens is 226 g/mol. The molecule has 1 saturated heterocycles. The SMILES string of the molecule is CO[C@@H]1CN(C)CC[C@@H]1Oc1cccc(C)c1C. The molecule has 0 unspecified atom stereocenters. The molecule has 1 aromatic rings. The molecule has 2 atom stereocenters. The standard InChI is InChI=1S/C15H23NO2/c1-11-6-5-7-13(12(11)2)18-14-8-9-16(3)10-15(14)17-4/h5-7,14-15H,8-10H2,1-4H3/t14-,15+/m0/s1. The minimum absolute atomic E-state index is 0.156. The van der Waals surface area contributed by atoms with Gasteiger partial charge in [-0.15, -0.1) is 0 Å². The first-order valence-electron chi connectivity index (χ1n) is 6.56. The number of nitrogens with zero attached hydrogens (tertiary/aromatic N) is 1. The fourth-order valence-corrected chi connectivity index (χ4v) is 2.43. The molecule has 1 aromatic carbocycles. The smallest absolute Gasteiger partial charge is 0.127 e. The minimum atomic E-state index is 0.156. The van der Waals surface area contributed by atoms with Crippen molar-refractivity contribution in [3.63, 3.8) is 0 Å². The summed E-state index contributed by atoms with van der Waals surface area (Å²) in [5.74, 6) is 0.992. The Balaban J connectivity index is 2.10. The first-order chi connectivity index (χ1) is 8.61. The number of piperidine rings is 1. The Labute approximate surface area is 110 Å². The number of methoxy groups -OCH3 is 1. The summed E-state index contributed by atoms with van der Waals surface area (Å²) < 4.78 is 11.7. The molecule has 1 aliphatic rings. The maximum Gasteiger partial charge on any atom is 0.127 e. The van der Waals surface area contributed by atoms with Crippen molar-refractivity contribution in [2.24, 2.45) is 0 Å². The highest BCUT2D eigenvalue weighted by Crippen LogP contribution is 2.25. The van der Waals surface area contributed by atoms with Gasteiger partial charge >= 0.3 is 0 Å². The molecule has 0 aliphatic carbocycles. The number of hydrogen-bond acceptors (Lipinski definition) is 3. The molecule has 1 fully saturated rings. The molecule has 3 heteroatoms. The molecule has 1 aliphatic heterocycles. The molecule has 18 heavy (non-hydrogen) atoms. The first-order valence-corrected chi connectivity index (χ1v) is 6.56. The van der Waals surface area contributed by atoms with Gasteiger partial charge in [0.15, 0.2) is 0 Å². The third-order valence-electron chi connectivity index (χ3n) is 3.84. The van der Waals surface area contributed by atoms with Crippen molar-refractivity contribution in [2.45, 2.75) is 32.5 Å². The van der Waals surface area contributed by atoms with Crippen LogP contribution in [0.25, 0.3) is 0 Å².